The van der Waals surface area contributed by atoms with E-state index in [2.05, 4.69) is 26.4 Å². The highest BCUT2D eigenvalue weighted by atomic mass is 79.9. The Morgan fingerprint density at radius 1 is 1.10 bits per heavy atom. The van der Waals surface area contributed by atoms with Crippen LogP contribution in [0.5, 0.6) is 5.75 Å². The van der Waals surface area contributed by atoms with Gasteiger partial charge in [0.15, 0.2) is 6.61 Å². The zero-order valence-corrected chi connectivity index (χ0v) is 18.6. The van der Waals surface area contributed by atoms with Gasteiger partial charge in [-0.1, -0.05) is 46.6 Å². The summed E-state index contributed by atoms with van der Waals surface area (Å²) in [6.45, 7) is 2.25. The molecule has 0 atom stereocenters. The summed E-state index contributed by atoms with van der Waals surface area (Å²) in [5.74, 6) is 0.434. The predicted molar refractivity (Wildman–Crippen MR) is 123 cm³/mol. The number of amides is 1. The number of benzene rings is 3. The largest absolute Gasteiger partial charge is 0.488 e. The fourth-order valence-corrected chi connectivity index (χ4v) is 3.12. The summed E-state index contributed by atoms with van der Waals surface area (Å²) in [5.41, 5.74) is 3.67. The van der Waals surface area contributed by atoms with E-state index in [1.807, 2.05) is 73.7 Å². The van der Waals surface area contributed by atoms with Crippen molar-refractivity contribution < 1.29 is 14.4 Å². The summed E-state index contributed by atoms with van der Waals surface area (Å²) in [7, 11) is 0. The average molecular weight is 488 g/mol. The molecule has 30 heavy (non-hydrogen) atoms. The lowest BCUT2D eigenvalue weighted by Gasteiger charge is -2.09. The number of nitrogens with one attached hydrogen (secondary N) is 1. The zero-order chi connectivity index (χ0) is 21.3. The maximum Gasteiger partial charge on any atom is 0.265 e. The summed E-state index contributed by atoms with van der Waals surface area (Å²) < 4.78 is 6.61. The van der Waals surface area contributed by atoms with Gasteiger partial charge in [0.2, 0.25) is 0 Å². The Balaban J connectivity index is 1.46. The molecule has 0 saturated carbocycles. The highest BCUT2D eigenvalue weighted by Crippen LogP contribution is 2.26. The minimum absolute atomic E-state index is 0.173. The fourth-order valence-electron chi connectivity index (χ4n) is 2.48. The second-order valence-electron chi connectivity index (χ2n) is 6.53. The van der Waals surface area contributed by atoms with E-state index in [0.29, 0.717) is 17.4 Å². The Kier molecular flexibility index (Phi) is 7.88. The lowest BCUT2D eigenvalue weighted by Crippen LogP contribution is -2.16. The smallest absolute Gasteiger partial charge is 0.265 e. The van der Waals surface area contributed by atoms with Gasteiger partial charge in [-0.05, 0) is 76.4 Å². The minimum Gasteiger partial charge on any atom is -0.488 e. The molecule has 0 saturated heterocycles. The van der Waals surface area contributed by atoms with Crippen LogP contribution in [0, 0.1) is 6.92 Å². The standard InChI is InChI=1S/C23H20BrClN2O3/c1-16-2-9-20(10-3-16)27-23(28)15-30-26-13-18-6-11-22(21(24)12-18)29-14-17-4-7-19(25)8-5-17/h2-13H,14-15H2,1H3,(H,27,28)/b26-13+. The molecule has 0 fully saturated rings. The van der Waals surface area contributed by atoms with Crippen LogP contribution in [-0.4, -0.2) is 18.7 Å². The number of anilines is 1. The van der Waals surface area contributed by atoms with Crippen molar-refractivity contribution in [3.05, 3.63) is 92.9 Å². The molecule has 5 nitrogen and oxygen atoms in total. The van der Waals surface area contributed by atoms with E-state index in [1.165, 1.54) is 6.21 Å². The molecule has 0 unspecified atom stereocenters. The molecule has 0 aliphatic heterocycles. The molecule has 0 bridgehead atoms. The van der Waals surface area contributed by atoms with Crippen LogP contribution in [0.2, 0.25) is 5.02 Å². The van der Waals surface area contributed by atoms with Crippen LogP contribution in [0.15, 0.2) is 76.4 Å². The first kappa shape index (κ1) is 21.9. The van der Waals surface area contributed by atoms with Crippen LogP contribution >= 0.6 is 27.5 Å². The Bertz CT molecular complexity index is 1020. The molecule has 0 aliphatic rings. The molecule has 0 heterocycles. The zero-order valence-electron chi connectivity index (χ0n) is 16.3. The molecule has 1 amide bonds. The molecule has 3 aromatic rings. The SMILES string of the molecule is Cc1ccc(NC(=O)CO/N=C/c2ccc(OCc3ccc(Cl)cc3)c(Br)c2)cc1. The average Bonchev–Trinajstić information content (AvgIpc) is 2.73. The number of nitrogens with zero attached hydrogens (tertiary/aromatic N) is 1. The van der Waals surface area contributed by atoms with Crippen molar-refractivity contribution in [3.63, 3.8) is 0 Å². The molecule has 0 radical (unpaired) electrons. The van der Waals surface area contributed by atoms with Crippen molar-refractivity contribution in [2.75, 3.05) is 11.9 Å². The topological polar surface area (TPSA) is 59.9 Å². The third-order valence-electron chi connectivity index (χ3n) is 4.07. The fraction of sp³-hybridized carbons (Fsp3) is 0.130. The molecule has 0 aromatic heterocycles. The van der Waals surface area contributed by atoms with Crippen LogP contribution in [0.4, 0.5) is 5.69 Å². The number of hydrogen-bond donors (Lipinski definition) is 1. The van der Waals surface area contributed by atoms with Crippen molar-refractivity contribution in [2.45, 2.75) is 13.5 Å². The van der Waals surface area contributed by atoms with Gasteiger partial charge in [0.25, 0.3) is 5.91 Å². The quantitative estimate of drug-likeness (QED) is 0.314. The lowest BCUT2D eigenvalue weighted by molar-refractivity contribution is -0.120. The molecule has 0 aliphatic carbocycles. The number of aryl methyl sites for hydroxylation is 1. The van der Waals surface area contributed by atoms with Crippen molar-refractivity contribution in [1.82, 2.24) is 0 Å². The van der Waals surface area contributed by atoms with E-state index in [4.69, 9.17) is 21.2 Å². The van der Waals surface area contributed by atoms with E-state index in [9.17, 15) is 4.79 Å². The summed E-state index contributed by atoms with van der Waals surface area (Å²) in [5, 5.41) is 7.29. The Morgan fingerprint density at radius 2 is 1.83 bits per heavy atom. The highest BCUT2D eigenvalue weighted by Gasteiger charge is 2.04. The van der Waals surface area contributed by atoms with Crippen molar-refractivity contribution in [1.29, 1.82) is 0 Å². The second kappa shape index (κ2) is 10.8. The number of ether oxygens (including phenoxy) is 1. The molecule has 7 heteroatoms. The van der Waals surface area contributed by atoms with E-state index < -0.39 is 0 Å². The summed E-state index contributed by atoms with van der Waals surface area (Å²) >= 11 is 9.38. The normalized spacial score (nSPS) is 10.8. The summed E-state index contributed by atoms with van der Waals surface area (Å²) in [4.78, 5) is 17.0. The number of rotatable bonds is 8. The van der Waals surface area contributed by atoms with Gasteiger partial charge < -0.3 is 14.9 Å². The third kappa shape index (κ3) is 6.90. The molecule has 3 aromatic carbocycles. The molecule has 3 rings (SSSR count). The van der Waals surface area contributed by atoms with Crippen LogP contribution in [0.1, 0.15) is 16.7 Å². The van der Waals surface area contributed by atoms with Gasteiger partial charge in [0.1, 0.15) is 12.4 Å². The number of carbonyl (C=O) groups is 1. The first-order valence-electron chi connectivity index (χ1n) is 9.18. The van der Waals surface area contributed by atoms with E-state index in [0.717, 1.165) is 26.9 Å². The number of hydrogen-bond acceptors (Lipinski definition) is 4. The van der Waals surface area contributed by atoms with E-state index >= 15 is 0 Å². The van der Waals surface area contributed by atoms with Crippen molar-refractivity contribution in [2.24, 2.45) is 5.16 Å². The monoisotopic (exact) mass is 486 g/mol. The Labute approximate surface area is 188 Å². The molecular weight excluding hydrogens is 468 g/mol. The van der Waals surface area contributed by atoms with Gasteiger partial charge >= 0.3 is 0 Å². The first-order valence-corrected chi connectivity index (χ1v) is 10.4. The lowest BCUT2D eigenvalue weighted by atomic mass is 10.2. The van der Waals surface area contributed by atoms with Gasteiger partial charge in [-0.15, -0.1) is 0 Å². The molecule has 154 valence electrons. The number of carbonyl (C=O) groups excluding carboxylic acids is 1. The second-order valence-corrected chi connectivity index (χ2v) is 7.82. The van der Waals surface area contributed by atoms with Gasteiger partial charge in [-0.3, -0.25) is 4.79 Å². The van der Waals surface area contributed by atoms with Crippen LogP contribution in [0.25, 0.3) is 0 Å². The minimum atomic E-state index is -0.275. The Hall–Kier alpha value is -2.83. The molecular formula is C23H20BrClN2O3. The van der Waals surface area contributed by atoms with Crippen LogP contribution in [-0.2, 0) is 16.2 Å². The molecule has 0 spiro atoms. The van der Waals surface area contributed by atoms with Gasteiger partial charge in [0, 0.05) is 10.7 Å². The predicted octanol–water partition coefficient (Wildman–Crippen LogP) is 5.98. The van der Waals surface area contributed by atoms with Crippen molar-refractivity contribution >= 4 is 45.3 Å². The third-order valence-corrected chi connectivity index (χ3v) is 4.94. The van der Waals surface area contributed by atoms with Crippen LogP contribution in [0.3, 0.4) is 0 Å². The van der Waals surface area contributed by atoms with Crippen LogP contribution < -0.4 is 10.1 Å². The summed E-state index contributed by atoms with van der Waals surface area (Å²) in [6.07, 6.45) is 1.53. The highest BCUT2D eigenvalue weighted by molar-refractivity contribution is 9.10. The van der Waals surface area contributed by atoms with Crippen molar-refractivity contribution in [3.8, 4) is 5.75 Å². The van der Waals surface area contributed by atoms with Gasteiger partial charge in [-0.25, -0.2) is 0 Å². The maximum atomic E-state index is 11.9. The number of halogens is 2. The first-order chi connectivity index (χ1) is 14.5. The van der Waals surface area contributed by atoms with Gasteiger partial charge in [0.05, 0.1) is 10.7 Å². The molecule has 1 N–H and O–H groups in total. The van der Waals surface area contributed by atoms with E-state index in [1.54, 1.807) is 0 Å². The summed E-state index contributed by atoms with van der Waals surface area (Å²) in [6, 6.07) is 20.6. The maximum absolute atomic E-state index is 11.9. The Morgan fingerprint density at radius 3 is 2.53 bits per heavy atom. The van der Waals surface area contributed by atoms with E-state index in [-0.39, 0.29) is 12.5 Å². The van der Waals surface area contributed by atoms with Gasteiger partial charge in [-0.2, -0.15) is 0 Å². The number of oxime groups is 1.